The molecule has 0 fully saturated rings. The van der Waals surface area contributed by atoms with Gasteiger partial charge in [0.2, 0.25) is 0 Å². The summed E-state index contributed by atoms with van der Waals surface area (Å²) in [6.07, 6.45) is 0. The summed E-state index contributed by atoms with van der Waals surface area (Å²) in [5, 5.41) is 7.15. The van der Waals surface area contributed by atoms with Crippen LogP contribution in [0.4, 0.5) is 5.69 Å². The van der Waals surface area contributed by atoms with Gasteiger partial charge in [0, 0.05) is 22.3 Å². The molecule has 110 valence electrons. The van der Waals surface area contributed by atoms with Gasteiger partial charge in [-0.1, -0.05) is 53.2 Å². The van der Waals surface area contributed by atoms with E-state index < -0.39 is 0 Å². The van der Waals surface area contributed by atoms with E-state index in [0.29, 0.717) is 16.5 Å². The van der Waals surface area contributed by atoms with Crippen LogP contribution in [0, 0.1) is 6.92 Å². The highest BCUT2D eigenvalue weighted by molar-refractivity contribution is 6.31. The Labute approximate surface area is 132 Å². The second kappa shape index (κ2) is 6.03. The number of aromatic nitrogens is 1. The van der Waals surface area contributed by atoms with E-state index in [-0.39, 0.29) is 11.6 Å². The summed E-state index contributed by atoms with van der Waals surface area (Å²) >= 11 is 6.04. The molecule has 1 amide bonds. The molecule has 0 bridgehead atoms. The minimum Gasteiger partial charge on any atom is -0.355 e. The van der Waals surface area contributed by atoms with Gasteiger partial charge in [-0.2, -0.15) is 0 Å². The van der Waals surface area contributed by atoms with Crippen molar-refractivity contribution >= 4 is 23.2 Å². The van der Waals surface area contributed by atoms with Crippen LogP contribution in [0.15, 0.2) is 59.1 Å². The largest absolute Gasteiger partial charge is 0.355 e. The third kappa shape index (κ3) is 3.02. The second-order valence-corrected chi connectivity index (χ2v) is 5.27. The number of carbonyl (C=O) groups excluding carboxylic acids is 1. The number of amides is 1. The van der Waals surface area contributed by atoms with Crippen molar-refractivity contribution < 1.29 is 9.32 Å². The summed E-state index contributed by atoms with van der Waals surface area (Å²) in [7, 11) is 0. The van der Waals surface area contributed by atoms with Crippen molar-refractivity contribution in [2.75, 3.05) is 5.32 Å². The summed E-state index contributed by atoms with van der Waals surface area (Å²) in [6.45, 7) is 1.90. The van der Waals surface area contributed by atoms with Crippen LogP contribution in [-0.2, 0) is 0 Å². The Morgan fingerprint density at radius 1 is 1.14 bits per heavy atom. The van der Waals surface area contributed by atoms with E-state index in [1.54, 1.807) is 18.2 Å². The Morgan fingerprint density at radius 3 is 2.64 bits per heavy atom. The first kappa shape index (κ1) is 14.4. The first-order chi connectivity index (χ1) is 10.6. The molecule has 4 nitrogen and oxygen atoms in total. The monoisotopic (exact) mass is 312 g/mol. The van der Waals surface area contributed by atoms with Crippen LogP contribution in [0.5, 0.6) is 0 Å². The number of carbonyl (C=O) groups is 1. The lowest BCUT2D eigenvalue weighted by Gasteiger charge is -2.04. The van der Waals surface area contributed by atoms with Gasteiger partial charge in [-0.25, -0.2) is 0 Å². The highest BCUT2D eigenvalue weighted by Crippen LogP contribution is 2.22. The number of halogens is 1. The summed E-state index contributed by atoms with van der Waals surface area (Å²) < 4.78 is 5.22. The number of nitrogens with zero attached hydrogens (tertiary/aromatic N) is 1. The van der Waals surface area contributed by atoms with E-state index in [1.165, 1.54) is 0 Å². The number of rotatable bonds is 3. The molecule has 1 heterocycles. The van der Waals surface area contributed by atoms with Crippen LogP contribution in [0.1, 0.15) is 16.1 Å². The zero-order chi connectivity index (χ0) is 15.5. The first-order valence-electron chi connectivity index (χ1n) is 6.73. The quantitative estimate of drug-likeness (QED) is 0.771. The SMILES string of the molecule is Cc1ccc(NC(=O)c2cc(-c3ccccc3)on2)cc1Cl. The van der Waals surface area contributed by atoms with E-state index in [2.05, 4.69) is 10.5 Å². The van der Waals surface area contributed by atoms with Gasteiger partial charge in [-0.05, 0) is 24.6 Å². The van der Waals surface area contributed by atoms with Crippen LogP contribution >= 0.6 is 11.6 Å². The number of benzene rings is 2. The van der Waals surface area contributed by atoms with Crippen molar-refractivity contribution in [2.45, 2.75) is 6.92 Å². The second-order valence-electron chi connectivity index (χ2n) is 4.86. The number of hydrogen-bond acceptors (Lipinski definition) is 3. The average Bonchev–Trinajstić information content (AvgIpc) is 3.02. The number of anilines is 1. The average molecular weight is 313 g/mol. The van der Waals surface area contributed by atoms with E-state index in [0.717, 1.165) is 11.1 Å². The van der Waals surface area contributed by atoms with Crippen LogP contribution in [-0.4, -0.2) is 11.1 Å². The highest BCUT2D eigenvalue weighted by atomic mass is 35.5. The molecule has 0 aliphatic carbocycles. The summed E-state index contributed by atoms with van der Waals surface area (Å²) in [4.78, 5) is 12.2. The molecule has 0 atom stereocenters. The standard InChI is InChI=1S/C17H13ClN2O2/c1-11-7-8-13(9-14(11)18)19-17(21)15-10-16(22-20-15)12-5-3-2-4-6-12/h2-10H,1H3,(H,19,21). The number of hydrogen-bond donors (Lipinski definition) is 1. The topological polar surface area (TPSA) is 55.1 Å². The van der Waals surface area contributed by atoms with E-state index in [4.69, 9.17) is 16.1 Å². The Bertz CT molecular complexity index is 813. The zero-order valence-corrected chi connectivity index (χ0v) is 12.6. The van der Waals surface area contributed by atoms with Crippen molar-refractivity contribution in [3.63, 3.8) is 0 Å². The fourth-order valence-electron chi connectivity index (χ4n) is 1.99. The summed E-state index contributed by atoms with van der Waals surface area (Å²) in [5.74, 6) is 0.207. The molecule has 3 rings (SSSR count). The fourth-order valence-corrected chi connectivity index (χ4v) is 2.17. The van der Waals surface area contributed by atoms with Gasteiger partial charge < -0.3 is 9.84 Å². The third-order valence-corrected chi connectivity index (χ3v) is 3.64. The molecule has 5 heteroatoms. The van der Waals surface area contributed by atoms with Crippen molar-refractivity contribution in [3.8, 4) is 11.3 Å². The van der Waals surface area contributed by atoms with Gasteiger partial charge in [-0.15, -0.1) is 0 Å². The normalized spacial score (nSPS) is 10.5. The van der Waals surface area contributed by atoms with Gasteiger partial charge >= 0.3 is 0 Å². The predicted molar refractivity (Wildman–Crippen MR) is 86.1 cm³/mol. The van der Waals surface area contributed by atoms with Crippen molar-refractivity contribution in [2.24, 2.45) is 0 Å². The van der Waals surface area contributed by atoms with Gasteiger partial charge in [0.15, 0.2) is 11.5 Å². The molecule has 1 aromatic heterocycles. The molecule has 0 radical (unpaired) electrons. The number of aryl methyl sites for hydroxylation is 1. The Balaban J connectivity index is 1.78. The predicted octanol–water partition coefficient (Wildman–Crippen LogP) is 4.56. The maximum absolute atomic E-state index is 12.2. The Morgan fingerprint density at radius 2 is 1.91 bits per heavy atom. The Kier molecular flexibility index (Phi) is 3.94. The van der Waals surface area contributed by atoms with Gasteiger partial charge in [-0.3, -0.25) is 4.79 Å². The molecule has 0 aliphatic rings. The van der Waals surface area contributed by atoms with Crippen LogP contribution in [0.2, 0.25) is 5.02 Å². The molecule has 0 unspecified atom stereocenters. The van der Waals surface area contributed by atoms with Gasteiger partial charge in [0.25, 0.3) is 5.91 Å². The van der Waals surface area contributed by atoms with E-state index in [9.17, 15) is 4.79 Å². The minimum atomic E-state index is -0.342. The lowest BCUT2D eigenvalue weighted by Crippen LogP contribution is -2.12. The van der Waals surface area contributed by atoms with Gasteiger partial charge in [0.1, 0.15) is 0 Å². The molecule has 2 aromatic carbocycles. The minimum absolute atomic E-state index is 0.218. The smallest absolute Gasteiger partial charge is 0.277 e. The maximum atomic E-state index is 12.2. The zero-order valence-electron chi connectivity index (χ0n) is 11.8. The van der Waals surface area contributed by atoms with Gasteiger partial charge in [0.05, 0.1) is 0 Å². The summed E-state index contributed by atoms with van der Waals surface area (Å²) in [5.41, 5.74) is 2.65. The number of nitrogens with one attached hydrogen (secondary N) is 1. The molecule has 1 N–H and O–H groups in total. The van der Waals surface area contributed by atoms with Crippen LogP contribution < -0.4 is 5.32 Å². The first-order valence-corrected chi connectivity index (χ1v) is 7.11. The van der Waals surface area contributed by atoms with Crippen molar-refractivity contribution in [3.05, 3.63) is 70.9 Å². The van der Waals surface area contributed by atoms with Crippen molar-refractivity contribution in [1.29, 1.82) is 0 Å². The fraction of sp³-hybridized carbons (Fsp3) is 0.0588. The molecular weight excluding hydrogens is 300 g/mol. The molecule has 3 aromatic rings. The Hall–Kier alpha value is -2.59. The molecule has 0 saturated carbocycles. The molecule has 0 saturated heterocycles. The molecular formula is C17H13ClN2O2. The highest BCUT2D eigenvalue weighted by Gasteiger charge is 2.14. The third-order valence-electron chi connectivity index (χ3n) is 3.23. The lowest BCUT2D eigenvalue weighted by atomic mass is 10.1. The van der Waals surface area contributed by atoms with Crippen LogP contribution in [0.25, 0.3) is 11.3 Å². The molecule has 0 aliphatic heterocycles. The van der Waals surface area contributed by atoms with E-state index in [1.807, 2.05) is 43.3 Å². The molecule has 22 heavy (non-hydrogen) atoms. The van der Waals surface area contributed by atoms with Crippen LogP contribution in [0.3, 0.4) is 0 Å². The lowest BCUT2D eigenvalue weighted by molar-refractivity contribution is 0.101. The summed E-state index contributed by atoms with van der Waals surface area (Å²) in [6, 6.07) is 16.4. The maximum Gasteiger partial charge on any atom is 0.277 e. The molecule has 0 spiro atoms. The van der Waals surface area contributed by atoms with Crippen molar-refractivity contribution in [1.82, 2.24) is 5.16 Å². The van der Waals surface area contributed by atoms with E-state index >= 15 is 0 Å².